The van der Waals surface area contributed by atoms with E-state index >= 15 is 0 Å². The van der Waals surface area contributed by atoms with E-state index in [2.05, 4.69) is 39.0 Å². The molecule has 0 atom stereocenters. The average Bonchev–Trinajstić information content (AvgIpc) is 2.62. The van der Waals surface area contributed by atoms with Crippen LogP contribution in [0.4, 0.5) is 5.69 Å². The summed E-state index contributed by atoms with van der Waals surface area (Å²) in [5.41, 5.74) is 1.96. The molecule has 0 radical (unpaired) electrons. The fourth-order valence-electron chi connectivity index (χ4n) is 2.29. The van der Waals surface area contributed by atoms with Crippen molar-refractivity contribution in [2.24, 2.45) is 5.16 Å². The predicted octanol–water partition coefficient (Wildman–Crippen LogP) is 4.04. The van der Waals surface area contributed by atoms with Crippen molar-refractivity contribution >= 4 is 37.1 Å². The Morgan fingerprint density at radius 1 is 1.29 bits per heavy atom. The standard InChI is InChI=1S/C15H21ClN2O2Si/c1-15(2,3)21(5,6)18-12-8-7-10(16)9-11(12)13(14(18)19)17-20-4/h7-9H,1-6H3/b17-13-. The van der Waals surface area contributed by atoms with Crippen LogP contribution in [0.25, 0.3) is 0 Å². The van der Waals surface area contributed by atoms with Gasteiger partial charge in [-0.15, -0.1) is 0 Å². The predicted molar refractivity (Wildman–Crippen MR) is 89.7 cm³/mol. The number of halogens is 1. The summed E-state index contributed by atoms with van der Waals surface area (Å²) in [4.78, 5) is 17.7. The highest BCUT2D eigenvalue weighted by Gasteiger charge is 2.49. The van der Waals surface area contributed by atoms with Crippen LogP contribution < -0.4 is 4.57 Å². The summed E-state index contributed by atoms with van der Waals surface area (Å²) in [6.45, 7) is 10.9. The summed E-state index contributed by atoms with van der Waals surface area (Å²) in [5, 5.41) is 4.54. The summed E-state index contributed by atoms with van der Waals surface area (Å²) in [6, 6.07) is 5.48. The van der Waals surface area contributed by atoms with Gasteiger partial charge in [-0.3, -0.25) is 4.79 Å². The molecule has 4 nitrogen and oxygen atoms in total. The zero-order valence-corrected chi connectivity index (χ0v) is 15.1. The van der Waals surface area contributed by atoms with Crippen molar-refractivity contribution in [3.8, 4) is 0 Å². The smallest absolute Gasteiger partial charge is 0.273 e. The number of amides is 1. The van der Waals surface area contributed by atoms with Gasteiger partial charge in [0.25, 0.3) is 5.91 Å². The monoisotopic (exact) mass is 324 g/mol. The second kappa shape index (κ2) is 5.14. The normalized spacial score (nSPS) is 17.4. The van der Waals surface area contributed by atoms with Crippen molar-refractivity contribution in [3.05, 3.63) is 28.8 Å². The van der Waals surface area contributed by atoms with Crippen molar-refractivity contribution in [3.63, 3.8) is 0 Å². The molecular weight excluding hydrogens is 304 g/mol. The van der Waals surface area contributed by atoms with Gasteiger partial charge in [-0.05, 0) is 23.2 Å². The van der Waals surface area contributed by atoms with E-state index in [0.717, 1.165) is 11.3 Å². The van der Waals surface area contributed by atoms with E-state index in [1.165, 1.54) is 7.11 Å². The van der Waals surface area contributed by atoms with Crippen molar-refractivity contribution in [2.75, 3.05) is 11.7 Å². The van der Waals surface area contributed by atoms with Gasteiger partial charge in [0.15, 0.2) is 13.9 Å². The first kappa shape index (κ1) is 16.0. The Bertz CT molecular complexity index is 621. The zero-order valence-electron chi connectivity index (χ0n) is 13.3. The van der Waals surface area contributed by atoms with E-state index in [-0.39, 0.29) is 10.9 Å². The SMILES string of the molecule is CO/N=C1\C(=O)N([Si](C)(C)C(C)(C)C)c2ccc(Cl)cc21. The van der Waals surface area contributed by atoms with Crippen LogP contribution in [-0.2, 0) is 9.63 Å². The van der Waals surface area contributed by atoms with E-state index in [1.807, 2.05) is 16.7 Å². The van der Waals surface area contributed by atoms with Crippen molar-refractivity contribution in [1.29, 1.82) is 0 Å². The Morgan fingerprint density at radius 2 is 1.90 bits per heavy atom. The van der Waals surface area contributed by atoms with Crippen LogP contribution in [0.3, 0.4) is 0 Å². The van der Waals surface area contributed by atoms with E-state index in [9.17, 15) is 4.79 Å². The molecule has 6 heteroatoms. The Balaban J connectivity index is 2.67. The van der Waals surface area contributed by atoms with Gasteiger partial charge in [-0.25, -0.2) is 0 Å². The van der Waals surface area contributed by atoms with E-state index < -0.39 is 8.24 Å². The van der Waals surface area contributed by atoms with Crippen LogP contribution in [0.1, 0.15) is 26.3 Å². The molecule has 1 aliphatic heterocycles. The van der Waals surface area contributed by atoms with E-state index in [0.29, 0.717) is 10.7 Å². The molecule has 1 aromatic rings. The van der Waals surface area contributed by atoms with Crippen molar-refractivity contribution in [1.82, 2.24) is 0 Å². The second-order valence-electron chi connectivity index (χ2n) is 6.73. The maximum atomic E-state index is 12.9. The molecule has 0 aliphatic carbocycles. The minimum Gasteiger partial charge on any atom is -0.398 e. The Kier molecular flexibility index (Phi) is 3.93. The summed E-state index contributed by atoms with van der Waals surface area (Å²) in [5.74, 6) is -0.0966. The molecule has 0 saturated heterocycles. The molecule has 0 aromatic heterocycles. The minimum atomic E-state index is -2.07. The molecule has 2 rings (SSSR count). The third-order valence-corrected chi connectivity index (χ3v) is 9.91. The molecule has 1 aliphatic rings. The molecule has 21 heavy (non-hydrogen) atoms. The van der Waals surface area contributed by atoms with Gasteiger partial charge in [-0.2, -0.15) is 0 Å². The van der Waals surface area contributed by atoms with Crippen LogP contribution in [0.5, 0.6) is 0 Å². The first-order valence-electron chi connectivity index (χ1n) is 6.87. The number of carbonyl (C=O) groups is 1. The number of anilines is 1. The van der Waals surface area contributed by atoms with Gasteiger partial charge in [0, 0.05) is 16.3 Å². The molecule has 0 saturated carbocycles. The van der Waals surface area contributed by atoms with Crippen LogP contribution in [-0.4, -0.2) is 27.0 Å². The van der Waals surface area contributed by atoms with Crippen LogP contribution in [0.2, 0.25) is 23.2 Å². The minimum absolute atomic E-state index is 0.0298. The first-order chi connectivity index (χ1) is 9.61. The van der Waals surface area contributed by atoms with Crippen molar-refractivity contribution in [2.45, 2.75) is 38.9 Å². The van der Waals surface area contributed by atoms with Gasteiger partial charge in [0.1, 0.15) is 7.11 Å². The Morgan fingerprint density at radius 3 is 2.43 bits per heavy atom. The molecule has 0 N–H and O–H groups in total. The average molecular weight is 325 g/mol. The fraction of sp³-hybridized carbons (Fsp3) is 0.467. The summed E-state index contributed by atoms with van der Waals surface area (Å²) in [7, 11) is -0.626. The lowest BCUT2D eigenvalue weighted by Crippen LogP contribution is -2.57. The number of benzene rings is 1. The summed E-state index contributed by atoms with van der Waals surface area (Å²) in [6.07, 6.45) is 0. The maximum absolute atomic E-state index is 12.9. The molecule has 1 amide bonds. The molecular formula is C15H21ClN2O2Si. The van der Waals surface area contributed by atoms with Crippen molar-refractivity contribution < 1.29 is 9.63 Å². The maximum Gasteiger partial charge on any atom is 0.273 e. The topological polar surface area (TPSA) is 41.9 Å². The number of carbonyl (C=O) groups excluding carboxylic acids is 1. The van der Waals surface area contributed by atoms with E-state index in [4.69, 9.17) is 16.4 Å². The number of nitrogens with zero attached hydrogens (tertiary/aromatic N) is 2. The van der Waals surface area contributed by atoms with Gasteiger partial charge >= 0.3 is 0 Å². The number of oxime groups is 1. The quantitative estimate of drug-likeness (QED) is 0.608. The van der Waals surface area contributed by atoms with Crippen LogP contribution >= 0.6 is 11.6 Å². The summed E-state index contributed by atoms with van der Waals surface area (Å²) >= 11 is 6.07. The van der Waals surface area contributed by atoms with Gasteiger partial charge in [-0.1, -0.05) is 50.6 Å². The van der Waals surface area contributed by atoms with E-state index in [1.54, 1.807) is 6.07 Å². The Hall–Kier alpha value is -1.33. The molecule has 0 fully saturated rings. The fourth-order valence-corrected chi connectivity index (χ4v) is 4.55. The van der Waals surface area contributed by atoms with Gasteiger partial charge in [0.05, 0.1) is 0 Å². The first-order valence-corrected chi connectivity index (χ1v) is 10.2. The number of hydrogen-bond donors (Lipinski definition) is 0. The summed E-state index contributed by atoms with van der Waals surface area (Å²) < 4.78 is 1.93. The third-order valence-electron chi connectivity index (χ3n) is 4.44. The largest absolute Gasteiger partial charge is 0.398 e. The third kappa shape index (κ3) is 2.49. The van der Waals surface area contributed by atoms with Crippen LogP contribution in [0.15, 0.2) is 23.4 Å². The number of fused-ring (bicyclic) bond motifs is 1. The second-order valence-corrected chi connectivity index (χ2v) is 12.2. The van der Waals surface area contributed by atoms with Crippen LogP contribution in [0, 0.1) is 0 Å². The lowest BCUT2D eigenvalue weighted by Gasteiger charge is -2.43. The highest BCUT2D eigenvalue weighted by molar-refractivity contribution is 6.90. The number of rotatable bonds is 2. The molecule has 0 bridgehead atoms. The number of hydrogen-bond acceptors (Lipinski definition) is 3. The molecule has 1 heterocycles. The molecule has 1 aromatic carbocycles. The lowest BCUT2D eigenvalue weighted by atomic mass is 10.1. The highest BCUT2D eigenvalue weighted by Crippen LogP contribution is 2.44. The zero-order chi connectivity index (χ0) is 16.0. The molecule has 0 spiro atoms. The lowest BCUT2D eigenvalue weighted by molar-refractivity contribution is -0.111. The van der Waals surface area contributed by atoms with Gasteiger partial charge < -0.3 is 9.40 Å². The molecule has 114 valence electrons. The molecule has 0 unspecified atom stereocenters. The van der Waals surface area contributed by atoms with Gasteiger partial charge in [0.2, 0.25) is 0 Å². The Labute approximate surface area is 131 Å². The highest BCUT2D eigenvalue weighted by atomic mass is 35.5.